The molecule has 0 bridgehead atoms. The lowest BCUT2D eigenvalue weighted by Crippen LogP contribution is -2.25. The van der Waals surface area contributed by atoms with Crippen LogP contribution in [0.5, 0.6) is 0 Å². The van der Waals surface area contributed by atoms with Crippen molar-refractivity contribution >= 4 is 0 Å². The largest absolute Gasteiger partial charge is 0.289 e. The van der Waals surface area contributed by atoms with E-state index in [2.05, 4.69) is 50.9 Å². The van der Waals surface area contributed by atoms with Crippen molar-refractivity contribution in [3.05, 3.63) is 35.9 Å². The molecule has 1 N–H and O–H groups in total. The molecule has 0 amide bonds. The standard InChI is InChI=1S/C14H21N5/c1-11(2)19-12(5-8-16-19)10-18-9-3-4-14(18)13-6-7-15-17-13/h5-8,11,14H,3-4,9-10H2,1-2H3,(H,15,17). The highest BCUT2D eigenvalue weighted by molar-refractivity contribution is 5.09. The smallest absolute Gasteiger partial charge is 0.0527 e. The van der Waals surface area contributed by atoms with E-state index >= 15 is 0 Å². The lowest BCUT2D eigenvalue weighted by Gasteiger charge is -2.24. The fourth-order valence-corrected chi connectivity index (χ4v) is 2.96. The maximum absolute atomic E-state index is 4.42. The van der Waals surface area contributed by atoms with Crippen LogP contribution in [0.3, 0.4) is 0 Å². The van der Waals surface area contributed by atoms with Crippen LogP contribution < -0.4 is 0 Å². The molecule has 1 fully saturated rings. The number of aromatic amines is 1. The molecular weight excluding hydrogens is 238 g/mol. The minimum Gasteiger partial charge on any atom is -0.289 e. The molecule has 1 unspecified atom stereocenters. The summed E-state index contributed by atoms with van der Waals surface area (Å²) in [6.07, 6.45) is 6.19. The van der Waals surface area contributed by atoms with Crippen LogP contribution in [0.2, 0.25) is 0 Å². The number of aromatic nitrogens is 4. The highest BCUT2D eigenvalue weighted by atomic mass is 15.3. The number of hydrogen-bond donors (Lipinski definition) is 1. The number of nitrogens with one attached hydrogen (secondary N) is 1. The van der Waals surface area contributed by atoms with Crippen molar-refractivity contribution in [3.63, 3.8) is 0 Å². The molecule has 2 aromatic heterocycles. The SMILES string of the molecule is CC(C)n1nccc1CN1CCCC1c1ccn[nH]1. The van der Waals surface area contributed by atoms with E-state index in [1.165, 1.54) is 24.2 Å². The van der Waals surface area contributed by atoms with Crippen molar-refractivity contribution in [2.75, 3.05) is 6.54 Å². The normalized spacial score (nSPS) is 20.5. The number of likely N-dealkylation sites (tertiary alicyclic amines) is 1. The van der Waals surface area contributed by atoms with E-state index in [0.717, 1.165) is 13.1 Å². The Morgan fingerprint density at radius 1 is 1.37 bits per heavy atom. The monoisotopic (exact) mass is 259 g/mol. The molecule has 0 aromatic carbocycles. The van der Waals surface area contributed by atoms with Gasteiger partial charge >= 0.3 is 0 Å². The highest BCUT2D eigenvalue weighted by Gasteiger charge is 2.27. The maximum Gasteiger partial charge on any atom is 0.0527 e. The summed E-state index contributed by atoms with van der Waals surface area (Å²) in [4.78, 5) is 2.52. The fraction of sp³-hybridized carbons (Fsp3) is 0.571. The molecule has 0 radical (unpaired) electrons. The van der Waals surface area contributed by atoms with Crippen LogP contribution in [0.25, 0.3) is 0 Å². The highest BCUT2D eigenvalue weighted by Crippen LogP contribution is 2.31. The van der Waals surface area contributed by atoms with Crippen molar-refractivity contribution in [1.29, 1.82) is 0 Å². The van der Waals surface area contributed by atoms with Crippen molar-refractivity contribution in [2.24, 2.45) is 0 Å². The van der Waals surface area contributed by atoms with Gasteiger partial charge in [-0.15, -0.1) is 0 Å². The van der Waals surface area contributed by atoms with Crippen molar-refractivity contribution in [2.45, 2.75) is 45.3 Å². The zero-order valence-electron chi connectivity index (χ0n) is 11.6. The van der Waals surface area contributed by atoms with Crippen molar-refractivity contribution in [1.82, 2.24) is 24.9 Å². The summed E-state index contributed by atoms with van der Waals surface area (Å²) in [5.74, 6) is 0. The average molecular weight is 259 g/mol. The Morgan fingerprint density at radius 2 is 2.26 bits per heavy atom. The van der Waals surface area contributed by atoms with E-state index in [1.807, 2.05) is 12.4 Å². The molecular formula is C14H21N5. The van der Waals surface area contributed by atoms with E-state index < -0.39 is 0 Å². The van der Waals surface area contributed by atoms with Gasteiger partial charge in [-0.1, -0.05) is 0 Å². The minimum absolute atomic E-state index is 0.415. The molecule has 0 saturated carbocycles. The van der Waals surface area contributed by atoms with E-state index in [9.17, 15) is 0 Å². The quantitative estimate of drug-likeness (QED) is 0.918. The van der Waals surface area contributed by atoms with Crippen LogP contribution in [0.4, 0.5) is 0 Å². The Balaban J connectivity index is 1.77. The fourth-order valence-electron chi connectivity index (χ4n) is 2.96. The van der Waals surface area contributed by atoms with Gasteiger partial charge in [-0.3, -0.25) is 14.7 Å². The lowest BCUT2D eigenvalue weighted by atomic mass is 10.1. The Labute approximate surface area is 113 Å². The van der Waals surface area contributed by atoms with Gasteiger partial charge < -0.3 is 0 Å². The van der Waals surface area contributed by atoms with Gasteiger partial charge in [0.15, 0.2) is 0 Å². The molecule has 3 rings (SSSR count). The lowest BCUT2D eigenvalue weighted by molar-refractivity contribution is 0.234. The maximum atomic E-state index is 4.42. The van der Waals surface area contributed by atoms with E-state index in [1.54, 1.807) is 0 Å². The summed E-state index contributed by atoms with van der Waals surface area (Å²) in [5.41, 5.74) is 2.52. The number of hydrogen-bond acceptors (Lipinski definition) is 3. The van der Waals surface area contributed by atoms with Gasteiger partial charge in [-0.25, -0.2) is 0 Å². The number of H-pyrrole nitrogens is 1. The summed E-state index contributed by atoms with van der Waals surface area (Å²) >= 11 is 0. The Hall–Kier alpha value is -1.62. The molecule has 3 heterocycles. The van der Waals surface area contributed by atoms with E-state index in [0.29, 0.717) is 12.1 Å². The second-order valence-electron chi connectivity index (χ2n) is 5.50. The van der Waals surface area contributed by atoms with Gasteiger partial charge in [0.05, 0.1) is 17.4 Å². The average Bonchev–Trinajstić information content (AvgIpc) is 3.09. The van der Waals surface area contributed by atoms with Gasteiger partial charge in [0.2, 0.25) is 0 Å². The van der Waals surface area contributed by atoms with Gasteiger partial charge in [-0.2, -0.15) is 10.2 Å². The van der Waals surface area contributed by atoms with E-state index in [-0.39, 0.29) is 0 Å². The summed E-state index contributed by atoms with van der Waals surface area (Å²) in [6.45, 7) is 6.45. The summed E-state index contributed by atoms with van der Waals surface area (Å²) in [7, 11) is 0. The van der Waals surface area contributed by atoms with Crippen LogP contribution in [0, 0.1) is 0 Å². The predicted molar refractivity (Wildman–Crippen MR) is 73.6 cm³/mol. The molecule has 5 nitrogen and oxygen atoms in total. The third-order valence-electron chi connectivity index (χ3n) is 3.85. The van der Waals surface area contributed by atoms with Crippen LogP contribution in [0.1, 0.15) is 50.2 Å². The van der Waals surface area contributed by atoms with Gasteiger partial charge in [-0.05, 0) is 45.4 Å². The molecule has 0 aliphatic carbocycles. The van der Waals surface area contributed by atoms with Crippen LogP contribution >= 0.6 is 0 Å². The number of rotatable bonds is 4. The zero-order chi connectivity index (χ0) is 13.2. The van der Waals surface area contributed by atoms with Crippen molar-refractivity contribution in [3.8, 4) is 0 Å². The predicted octanol–water partition coefficient (Wildman–Crippen LogP) is 2.52. The Kier molecular flexibility index (Phi) is 3.38. The second-order valence-corrected chi connectivity index (χ2v) is 5.50. The molecule has 102 valence electrons. The van der Waals surface area contributed by atoms with Crippen LogP contribution in [-0.4, -0.2) is 31.4 Å². The Bertz CT molecular complexity index is 514. The van der Waals surface area contributed by atoms with E-state index in [4.69, 9.17) is 0 Å². The first-order chi connectivity index (χ1) is 9.25. The molecule has 1 saturated heterocycles. The van der Waals surface area contributed by atoms with Crippen molar-refractivity contribution < 1.29 is 0 Å². The molecule has 0 spiro atoms. The third kappa shape index (κ3) is 2.42. The second kappa shape index (κ2) is 5.17. The molecule has 1 atom stereocenters. The van der Waals surface area contributed by atoms with Crippen LogP contribution in [0.15, 0.2) is 24.5 Å². The third-order valence-corrected chi connectivity index (χ3v) is 3.85. The Morgan fingerprint density at radius 3 is 3.00 bits per heavy atom. The summed E-state index contributed by atoms with van der Waals surface area (Å²) in [6, 6.07) is 5.10. The van der Waals surface area contributed by atoms with Crippen LogP contribution in [-0.2, 0) is 6.54 Å². The minimum atomic E-state index is 0.415. The molecule has 19 heavy (non-hydrogen) atoms. The van der Waals surface area contributed by atoms with Gasteiger partial charge in [0.25, 0.3) is 0 Å². The first kappa shape index (κ1) is 12.4. The summed E-state index contributed by atoms with van der Waals surface area (Å²) < 4.78 is 2.11. The molecule has 2 aromatic rings. The molecule has 1 aliphatic heterocycles. The molecule has 5 heteroatoms. The first-order valence-electron chi connectivity index (χ1n) is 7.01. The topological polar surface area (TPSA) is 49.7 Å². The van der Waals surface area contributed by atoms with Gasteiger partial charge in [0.1, 0.15) is 0 Å². The zero-order valence-corrected chi connectivity index (χ0v) is 11.6. The summed E-state index contributed by atoms with van der Waals surface area (Å²) in [5, 5.41) is 11.6. The first-order valence-corrected chi connectivity index (χ1v) is 7.01. The number of nitrogens with zero attached hydrogens (tertiary/aromatic N) is 4. The van der Waals surface area contributed by atoms with Gasteiger partial charge in [0, 0.05) is 25.0 Å². The molecule has 1 aliphatic rings.